The van der Waals surface area contributed by atoms with Crippen molar-refractivity contribution in [2.75, 3.05) is 13.2 Å². The molecule has 1 N–H and O–H groups in total. The molecule has 0 bridgehead atoms. The number of aromatic nitrogens is 5. The van der Waals surface area contributed by atoms with Crippen molar-refractivity contribution >= 4 is 0 Å². The first kappa shape index (κ1) is 20.1. The van der Waals surface area contributed by atoms with Crippen molar-refractivity contribution in [1.29, 1.82) is 0 Å². The summed E-state index contributed by atoms with van der Waals surface area (Å²) < 4.78 is 14.6. The molecule has 0 saturated heterocycles. The van der Waals surface area contributed by atoms with E-state index in [1.165, 1.54) is 35.2 Å². The largest absolute Gasteiger partial charge is 0.493 e. The summed E-state index contributed by atoms with van der Waals surface area (Å²) in [6.45, 7) is 2.00. The summed E-state index contributed by atoms with van der Waals surface area (Å²) in [6.07, 6.45) is 7.14. The first-order valence-electron chi connectivity index (χ1n) is 10.1. The van der Waals surface area contributed by atoms with Crippen molar-refractivity contribution in [2.45, 2.75) is 39.0 Å². The van der Waals surface area contributed by atoms with E-state index >= 15 is 0 Å². The van der Waals surface area contributed by atoms with Crippen LogP contribution in [0.4, 0.5) is 0 Å². The minimum Gasteiger partial charge on any atom is -0.493 e. The highest BCUT2D eigenvalue weighted by molar-refractivity contribution is 5.28. The monoisotopic (exact) mass is 411 g/mol. The van der Waals surface area contributed by atoms with Gasteiger partial charge in [0.2, 0.25) is 0 Å². The zero-order valence-corrected chi connectivity index (χ0v) is 16.7. The van der Waals surface area contributed by atoms with Crippen LogP contribution in [0.3, 0.4) is 0 Å². The highest BCUT2D eigenvalue weighted by Crippen LogP contribution is 2.29. The second kappa shape index (κ2) is 9.53. The predicted octanol–water partition coefficient (Wildman–Crippen LogP) is 1.38. The van der Waals surface area contributed by atoms with Gasteiger partial charge < -0.3 is 9.47 Å². The van der Waals surface area contributed by atoms with Gasteiger partial charge in [0.25, 0.3) is 5.56 Å². The molecule has 9 heteroatoms. The number of ether oxygens (including phenoxy) is 2. The van der Waals surface area contributed by atoms with Crippen molar-refractivity contribution in [1.82, 2.24) is 24.5 Å². The fourth-order valence-corrected chi connectivity index (χ4v) is 3.07. The lowest BCUT2D eigenvalue weighted by Crippen LogP contribution is -2.29. The molecule has 0 spiro atoms. The van der Waals surface area contributed by atoms with Gasteiger partial charge >= 0.3 is 5.69 Å². The van der Waals surface area contributed by atoms with E-state index in [4.69, 9.17) is 9.47 Å². The average molecular weight is 411 g/mol. The van der Waals surface area contributed by atoms with Crippen molar-refractivity contribution in [3.05, 3.63) is 74.8 Å². The van der Waals surface area contributed by atoms with Crippen LogP contribution in [0.1, 0.15) is 24.1 Å². The third-order valence-electron chi connectivity index (χ3n) is 5.02. The van der Waals surface area contributed by atoms with Gasteiger partial charge in [-0.05, 0) is 42.9 Å². The fourth-order valence-electron chi connectivity index (χ4n) is 3.07. The van der Waals surface area contributed by atoms with Gasteiger partial charge in [-0.25, -0.2) is 9.48 Å². The normalized spacial score (nSPS) is 13.5. The van der Waals surface area contributed by atoms with Gasteiger partial charge in [-0.15, -0.1) is 5.10 Å². The topological polar surface area (TPSA) is 104 Å². The van der Waals surface area contributed by atoms with Crippen molar-refractivity contribution < 1.29 is 9.47 Å². The molecule has 0 amide bonds. The average Bonchev–Trinajstić information content (AvgIpc) is 3.47. The molecule has 0 unspecified atom stereocenters. The van der Waals surface area contributed by atoms with E-state index < -0.39 is 11.2 Å². The fraction of sp³-hybridized carbons (Fsp3) is 0.429. The molecule has 3 aromatic rings. The van der Waals surface area contributed by atoms with Crippen LogP contribution in [-0.2, 0) is 30.9 Å². The molecule has 1 aromatic carbocycles. The van der Waals surface area contributed by atoms with Crippen LogP contribution in [0.15, 0.2) is 52.3 Å². The zero-order chi connectivity index (χ0) is 20.8. The maximum atomic E-state index is 11.6. The van der Waals surface area contributed by atoms with E-state index in [2.05, 4.69) is 27.4 Å². The summed E-state index contributed by atoms with van der Waals surface area (Å²) in [5.41, 5.74) is 1.24. The number of H-pyrrole nitrogens is 1. The van der Waals surface area contributed by atoms with Crippen LogP contribution < -0.4 is 16.0 Å². The van der Waals surface area contributed by atoms with Crippen LogP contribution in [0.25, 0.3) is 0 Å². The van der Waals surface area contributed by atoms with Crippen LogP contribution in [0.2, 0.25) is 0 Å². The van der Waals surface area contributed by atoms with Crippen LogP contribution >= 0.6 is 0 Å². The number of hydrogen-bond acceptors (Lipinski definition) is 6. The van der Waals surface area contributed by atoms with Gasteiger partial charge in [0.1, 0.15) is 12.5 Å². The van der Waals surface area contributed by atoms with Gasteiger partial charge in [0.15, 0.2) is 0 Å². The molecule has 4 rings (SSSR count). The molecule has 0 radical (unpaired) electrons. The summed E-state index contributed by atoms with van der Waals surface area (Å²) >= 11 is 0. The Bertz CT molecular complexity index is 1080. The zero-order valence-electron chi connectivity index (χ0n) is 16.7. The first-order chi connectivity index (χ1) is 14.7. The first-order valence-corrected chi connectivity index (χ1v) is 10.1. The van der Waals surface area contributed by atoms with Gasteiger partial charge in [-0.1, -0.05) is 17.3 Å². The minimum absolute atomic E-state index is 0.0742. The van der Waals surface area contributed by atoms with Gasteiger partial charge in [-0.2, -0.15) is 0 Å². The van der Waals surface area contributed by atoms with E-state index in [9.17, 15) is 9.59 Å². The Morgan fingerprint density at radius 1 is 1.17 bits per heavy atom. The number of hydrogen-bond donors (Lipinski definition) is 1. The Kier molecular flexibility index (Phi) is 6.38. The highest BCUT2D eigenvalue weighted by atomic mass is 16.5. The van der Waals surface area contributed by atoms with Crippen molar-refractivity contribution in [3.63, 3.8) is 0 Å². The van der Waals surface area contributed by atoms with Gasteiger partial charge in [0.05, 0.1) is 25.1 Å². The minimum atomic E-state index is -0.488. The molecular formula is C21H25N5O4. The number of aromatic amines is 1. The molecule has 2 heterocycles. The van der Waals surface area contributed by atoms with Crippen molar-refractivity contribution in [2.24, 2.45) is 5.92 Å². The van der Waals surface area contributed by atoms with Gasteiger partial charge in [-0.3, -0.25) is 14.3 Å². The molecule has 0 aliphatic heterocycles. The Morgan fingerprint density at radius 2 is 2.07 bits per heavy atom. The molecule has 1 aliphatic rings. The molecule has 1 aliphatic carbocycles. The second-order valence-electron chi connectivity index (χ2n) is 7.47. The molecule has 1 fully saturated rings. The predicted molar refractivity (Wildman–Crippen MR) is 109 cm³/mol. The Labute approximate surface area is 173 Å². The summed E-state index contributed by atoms with van der Waals surface area (Å²) in [5, 5.41) is 8.17. The number of aryl methyl sites for hydroxylation is 2. The Balaban J connectivity index is 1.24. The second-order valence-corrected chi connectivity index (χ2v) is 7.47. The van der Waals surface area contributed by atoms with Crippen LogP contribution in [0, 0.1) is 5.92 Å². The third-order valence-corrected chi connectivity index (χ3v) is 5.02. The van der Waals surface area contributed by atoms with Crippen LogP contribution in [0.5, 0.6) is 5.75 Å². The standard InChI is InChI=1S/C21H25N5O4/c27-20-7-9-25(21(28)23-20)15-29-11-8-18-13-22-24-26(18)10-6-16-2-1-3-19(12-16)30-14-17-4-5-17/h1-3,7,9,12-13,17H,4-6,8,10-11,14-15H2,(H,23,27,28). The molecule has 158 valence electrons. The number of nitrogens with zero attached hydrogens (tertiary/aromatic N) is 4. The molecule has 30 heavy (non-hydrogen) atoms. The molecule has 9 nitrogen and oxygen atoms in total. The Hall–Kier alpha value is -3.20. The van der Waals surface area contributed by atoms with Gasteiger partial charge in [0, 0.05) is 25.2 Å². The highest BCUT2D eigenvalue weighted by Gasteiger charge is 2.21. The quantitative estimate of drug-likeness (QED) is 0.478. The van der Waals surface area contributed by atoms with E-state index in [-0.39, 0.29) is 6.73 Å². The van der Waals surface area contributed by atoms with Crippen molar-refractivity contribution in [3.8, 4) is 5.75 Å². The number of nitrogens with one attached hydrogen (secondary N) is 1. The summed E-state index contributed by atoms with van der Waals surface area (Å²) in [4.78, 5) is 24.9. The van der Waals surface area contributed by atoms with E-state index in [0.29, 0.717) is 19.6 Å². The molecule has 0 atom stereocenters. The lowest BCUT2D eigenvalue weighted by molar-refractivity contribution is 0.0750. The maximum absolute atomic E-state index is 11.6. The molecule has 2 aromatic heterocycles. The maximum Gasteiger partial charge on any atom is 0.330 e. The summed E-state index contributed by atoms with van der Waals surface area (Å²) in [5.74, 6) is 1.65. The van der Waals surface area contributed by atoms with E-state index in [1.54, 1.807) is 6.20 Å². The summed E-state index contributed by atoms with van der Waals surface area (Å²) in [6, 6.07) is 9.48. The molecule has 1 saturated carbocycles. The lowest BCUT2D eigenvalue weighted by atomic mass is 10.1. The lowest BCUT2D eigenvalue weighted by Gasteiger charge is -2.09. The van der Waals surface area contributed by atoms with E-state index in [1.807, 2.05) is 16.8 Å². The smallest absolute Gasteiger partial charge is 0.330 e. The van der Waals surface area contributed by atoms with E-state index in [0.717, 1.165) is 30.4 Å². The van der Waals surface area contributed by atoms with Crippen LogP contribution in [-0.4, -0.2) is 37.8 Å². The number of benzene rings is 1. The number of rotatable bonds is 11. The Morgan fingerprint density at radius 3 is 2.90 bits per heavy atom. The third kappa shape index (κ3) is 5.66. The summed E-state index contributed by atoms with van der Waals surface area (Å²) in [7, 11) is 0. The SMILES string of the molecule is O=c1ccn(COCCc2cnnn2CCc2cccc(OCC3CC3)c2)c(=O)[nH]1. The molecular weight excluding hydrogens is 386 g/mol.